The minimum absolute atomic E-state index is 0.0109. The van der Waals surface area contributed by atoms with E-state index in [4.69, 9.17) is 33.3 Å². The number of sulfonamides is 1. The maximum atomic E-state index is 13.8. The second-order valence-electron chi connectivity index (χ2n) is 11.5. The molecule has 1 fully saturated rings. The molecule has 1 aliphatic heterocycles. The molecule has 0 bridgehead atoms. The van der Waals surface area contributed by atoms with Crippen LogP contribution in [0.5, 0.6) is 0 Å². The molecule has 3 aromatic rings. The molecule has 4 rings (SSSR count). The molecule has 14 heteroatoms. The van der Waals surface area contributed by atoms with Crippen LogP contribution in [-0.2, 0) is 42.2 Å². The quantitative estimate of drug-likeness (QED) is 0.229. The molecule has 11 nitrogen and oxygen atoms in total. The highest BCUT2D eigenvalue weighted by atomic mass is 35.5. The fraction of sp³-hybridized carbons (Fsp3) is 0.353. The molecule has 0 unspecified atom stereocenters. The van der Waals surface area contributed by atoms with E-state index in [1.807, 2.05) is 30.3 Å². The zero-order valence-electron chi connectivity index (χ0n) is 26.5. The largest absolute Gasteiger partial charge is 0.371 e. The third kappa shape index (κ3) is 10.0. The van der Waals surface area contributed by atoms with Crippen LogP contribution in [0, 0.1) is 24.2 Å². The molecule has 0 aliphatic carbocycles. The van der Waals surface area contributed by atoms with Crippen molar-refractivity contribution in [2.45, 2.75) is 37.6 Å². The van der Waals surface area contributed by atoms with Gasteiger partial charge in [0.1, 0.15) is 4.90 Å². The fourth-order valence-corrected chi connectivity index (χ4v) is 7.57. The van der Waals surface area contributed by atoms with Crippen molar-refractivity contribution in [3.63, 3.8) is 0 Å². The van der Waals surface area contributed by atoms with Gasteiger partial charge in [0.25, 0.3) is 0 Å². The van der Waals surface area contributed by atoms with Gasteiger partial charge in [0.2, 0.25) is 21.8 Å². The van der Waals surface area contributed by atoms with Crippen molar-refractivity contribution < 1.29 is 27.6 Å². The third-order valence-electron chi connectivity index (χ3n) is 8.21. The molecule has 1 aliphatic rings. The number of carbonyl (C=O) groups is 3. The van der Waals surface area contributed by atoms with Crippen molar-refractivity contribution in [1.82, 2.24) is 19.6 Å². The number of amides is 2. The van der Waals surface area contributed by atoms with Gasteiger partial charge in [0.15, 0.2) is 0 Å². The second-order valence-corrected chi connectivity index (χ2v) is 14.2. The van der Waals surface area contributed by atoms with Gasteiger partial charge in [-0.2, -0.15) is 9.57 Å². The molecule has 48 heavy (non-hydrogen) atoms. The number of hydrogen-bond donors (Lipinski definition) is 1. The molecular formula is C34H37Cl2N5O6S. The molecule has 254 valence electrons. The van der Waals surface area contributed by atoms with E-state index in [0.29, 0.717) is 61.5 Å². The molecule has 2 amide bonds. The van der Waals surface area contributed by atoms with Crippen LogP contribution in [0.3, 0.4) is 0 Å². The maximum Gasteiger partial charge on any atom is 0.312 e. The first-order valence-corrected chi connectivity index (χ1v) is 17.6. The van der Waals surface area contributed by atoms with E-state index in [-0.39, 0.29) is 41.4 Å². The number of nitrogens with zero attached hydrogens (tertiary/aromatic N) is 4. The summed E-state index contributed by atoms with van der Waals surface area (Å²) in [6.45, 7) is 2.81. The monoisotopic (exact) mass is 713 g/mol. The number of halogens is 2. The number of carbonyl (C=O) groups excluding carboxylic acids is 3. The summed E-state index contributed by atoms with van der Waals surface area (Å²) in [5.41, 5.74) is 2.59. The van der Waals surface area contributed by atoms with E-state index in [9.17, 15) is 22.8 Å². The van der Waals surface area contributed by atoms with E-state index >= 15 is 0 Å². The molecule has 1 N–H and O–H groups in total. The minimum atomic E-state index is -4.24. The van der Waals surface area contributed by atoms with Gasteiger partial charge in [-0.05, 0) is 73.1 Å². The summed E-state index contributed by atoms with van der Waals surface area (Å²) in [5.74, 6) is -0.880. The third-order valence-corrected chi connectivity index (χ3v) is 11.1. The number of nitriles is 1. The number of hydroxylamine groups is 2. The minimum Gasteiger partial charge on any atom is -0.371 e. The first-order chi connectivity index (χ1) is 23.0. The summed E-state index contributed by atoms with van der Waals surface area (Å²) in [5, 5.41) is 13.6. The van der Waals surface area contributed by atoms with Gasteiger partial charge in [-0.25, -0.2) is 8.42 Å². The van der Waals surface area contributed by atoms with E-state index < -0.39 is 22.5 Å². The van der Waals surface area contributed by atoms with Crippen molar-refractivity contribution in [1.29, 1.82) is 5.26 Å². The maximum absolute atomic E-state index is 13.8. The van der Waals surface area contributed by atoms with Crippen molar-refractivity contribution in [3.05, 3.63) is 99.0 Å². The van der Waals surface area contributed by atoms with Gasteiger partial charge in [0.05, 0.1) is 29.7 Å². The number of benzene rings is 3. The summed E-state index contributed by atoms with van der Waals surface area (Å²) in [7, 11) is -4.24. The Labute approximate surface area is 291 Å². The highest BCUT2D eigenvalue weighted by Crippen LogP contribution is 2.32. The van der Waals surface area contributed by atoms with Gasteiger partial charge in [-0.3, -0.25) is 14.4 Å². The SMILES string of the molecule is Cc1c(Cl)ccc(S(=O)(=O)N(CCc2ccccc2)CC(=O)NCC(=O)N(Cc2ccc(C#N)cc2)CC2CCN(OC=O)CC2)c1Cl. The number of hydrogen-bond acceptors (Lipinski definition) is 8. The van der Waals surface area contributed by atoms with E-state index in [1.165, 1.54) is 12.1 Å². The number of nitrogens with one attached hydrogen (secondary N) is 1. The van der Waals surface area contributed by atoms with E-state index in [0.717, 1.165) is 15.4 Å². The smallest absolute Gasteiger partial charge is 0.312 e. The molecule has 1 heterocycles. The lowest BCUT2D eigenvalue weighted by Gasteiger charge is -2.33. The zero-order valence-corrected chi connectivity index (χ0v) is 28.8. The molecule has 3 aromatic carbocycles. The Kier molecular flexibility index (Phi) is 13.4. The van der Waals surface area contributed by atoms with Gasteiger partial charge in [0, 0.05) is 37.7 Å². The number of rotatable bonds is 15. The summed E-state index contributed by atoms with van der Waals surface area (Å²) < 4.78 is 28.7. The highest BCUT2D eigenvalue weighted by molar-refractivity contribution is 7.89. The average molecular weight is 715 g/mol. The Hall–Kier alpha value is -3.99. The van der Waals surface area contributed by atoms with Crippen molar-refractivity contribution in [2.75, 3.05) is 39.3 Å². The van der Waals surface area contributed by atoms with Crippen LogP contribution in [0.4, 0.5) is 0 Å². The molecule has 0 radical (unpaired) electrons. The van der Waals surface area contributed by atoms with Crippen LogP contribution < -0.4 is 5.32 Å². The topological polar surface area (TPSA) is 140 Å². The Morgan fingerprint density at radius 3 is 2.38 bits per heavy atom. The fourth-order valence-electron chi connectivity index (χ4n) is 5.39. The summed E-state index contributed by atoms with van der Waals surface area (Å²) in [6.07, 6.45) is 1.72. The first kappa shape index (κ1) is 36.8. The molecule has 0 atom stereocenters. The number of piperidine rings is 1. The van der Waals surface area contributed by atoms with Crippen LogP contribution in [-0.4, -0.2) is 80.2 Å². The summed E-state index contributed by atoms with van der Waals surface area (Å²) >= 11 is 12.6. The van der Waals surface area contributed by atoms with Crippen LogP contribution in [0.15, 0.2) is 71.6 Å². The van der Waals surface area contributed by atoms with Gasteiger partial charge < -0.3 is 15.1 Å². The zero-order chi connectivity index (χ0) is 34.7. The van der Waals surface area contributed by atoms with Gasteiger partial charge >= 0.3 is 6.47 Å². The van der Waals surface area contributed by atoms with Crippen LogP contribution in [0.1, 0.15) is 35.1 Å². The molecular weight excluding hydrogens is 677 g/mol. The summed E-state index contributed by atoms with van der Waals surface area (Å²) in [6, 6.07) is 21.0. The second kappa shape index (κ2) is 17.4. The standard InChI is InChI=1S/C34H37Cl2N5O6S/c1-25-30(35)11-12-31(34(25)36)48(45,46)41(18-15-26-5-3-2-4-6-26)23-32(43)38-20-33(44)39(21-28-9-7-27(19-37)8-10-28)22-29-13-16-40(17-14-29)47-24-42/h2-12,24,29H,13-18,20-23H2,1H3,(H,38,43). The molecule has 0 saturated carbocycles. The molecule has 1 saturated heterocycles. The molecule has 0 aromatic heterocycles. The van der Waals surface area contributed by atoms with Crippen molar-refractivity contribution in [3.8, 4) is 6.07 Å². The van der Waals surface area contributed by atoms with Crippen molar-refractivity contribution in [2.24, 2.45) is 5.92 Å². The van der Waals surface area contributed by atoms with Gasteiger partial charge in [-0.1, -0.05) is 65.7 Å². The van der Waals surface area contributed by atoms with E-state index in [1.54, 1.807) is 41.2 Å². The Morgan fingerprint density at radius 2 is 1.73 bits per heavy atom. The normalized spacial score (nSPS) is 13.9. The lowest BCUT2D eigenvalue weighted by Crippen LogP contribution is -2.47. The first-order valence-electron chi connectivity index (χ1n) is 15.4. The van der Waals surface area contributed by atoms with Crippen LogP contribution in [0.2, 0.25) is 10.0 Å². The average Bonchev–Trinajstić information content (AvgIpc) is 3.09. The molecule has 0 spiro atoms. The summed E-state index contributed by atoms with van der Waals surface area (Å²) in [4.78, 5) is 44.0. The van der Waals surface area contributed by atoms with Crippen molar-refractivity contribution >= 4 is 51.5 Å². The highest BCUT2D eigenvalue weighted by Gasteiger charge is 2.30. The van der Waals surface area contributed by atoms with Crippen LogP contribution in [0.25, 0.3) is 0 Å². The van der Waals surface area contributed by atoms with E-state index in [2.05, 4.69) is 11.4 Å². The Balaban J connectivity index is 1.47. The predicted octanol–water partition coefficient (Wildman–Crippen LogP) is 4.35. The Morgan fingerprint density at radius 1 is 1.04 bits per heavy atom. The predicted molar refractivity (Wildman–Crippen MR) is 181 cm³/mol. The van der Waals surface area contributed by atoms with Gasteiger partial charge in [-0.15, -0.1) is 5.06 Å². The Bertz CT molecular complexity index is 1730. The lowest BCUT2D eigenvalue weighted by atomic mass is 9.97. The lowest BCUT2D eigenvalue weighted by molar-refractivity contribution is -0.180. The van der Waals surface area contributed by atoms with Crippen LogP contribution >= 0.6 is 23.2 Å².